The van der Waals surface area contributed by atoms with Crippen molar-refractivity contribution in [2.75, 3.05) is 23.9 Å². The maximum atomic E-state index is 12.5. The summed E-state index contributed by atoms with van der Waals surface area (Å²) in [5.41, 5.74) is 1.07. The highest BCUT2D eigenvalue weighted by Gasteiger charge is 2.37. The van der Waals surface area contributed by atoms with Crippen molar-refractivity contribution in [3.05, 3.63) is 65.3 Å². The van der Waals surface area contributed by atoms with Gasteiger partial charge in [0.05, 0.1) is 35.8 Å². The first kappa shape index (κ1) is 23.2. The topological polar surface area (TPSA) is 124 Å². The number of aromatic nitrogens is 2. The minimum atomic E-state index is -0.641. The van der Waals surface area contributed by atoms with Gasteiger partial charge in [-0.15, -0.1) is 0 Å². The Labute approximate surface area is 199 Å². The van der Waals surface area contributed by atoms with Crippen LogP contribution in [0.15, 0.2) is 53.1 Å². The molecule has 34 heavy (non-hydrogen) atoms. The number of halogens is 1. The molecule has 2 amide bonds. The molecule has 1 aliphatic rings. The van der Waals surface area contributed by atoms with Crippen LogP contribution in [0.3, 0.4) is 0 Å². The molecule has 0 aliphatic carbocycles. The van der Waals surface area contributed by atoms with Gasteiger partial charge in [0.15, 0.2) is 12.4 Å². The van der Waals surface area contributed by atoms with E-state index in [0.29, 0.717) is 22.1 Å². The Morgan fingerprint density at radius 1 is 1.21 bits per heavy atom. The van der Waals surface area contributed by atoms with Crippen LogP contribution in [0.1, 0.15) is 18.1 Å². The molecular weight excluding hydrogens is 464 g/mol. The van der Waals surface area contributed by atoms with Crippen LogP contribution in [0.4, 0.5) is 11.4 Å². The van der Waals surface area contributed by atoms with E-state index in [4.69, 9.17) is 25.6 Å². The lowest BCUT2D eigenvalue weighted by Crippen LogP contribution is -2.26. The molecule has 1 atom stereocenters. The van der Waals surface area contributed by atoms with Crippen molar-refractivity contribution in [2.24, 2.45) is 5.92 Å². The molecule has 1 fully saturated rings. The molecule has 0 radical (unpaired) electrons. The van der Waals surface area contributed by atoms with Crippen molar-refractivity contribution in [1.29, 1.82) is 0 Å². The Balaban J connectivity index is 1.28. The number of esters is 1. The fourth-order valence-corrected chi connectivity index (χ4v) is 3.76. The third-order valence-corrected chi connectivity index (χ3v) is 5.47. The number of methoxy groups -OCH3 is 1. The molecule has 1 aromatic heterocycles. The van der Waals surface area contributed by atoms with Gasteiger partial charge in [0.2, 0.25) is 11.8 Å². The maximum Gasteiger partial charge on any atom is 0.311 e. The second kappa shape index (κ2) is 10.3. The molecule has 11 heteroatoms. The number of carbonyl (C=O) groups excluding carboxylic acids is 3. The average molecular weight is 485 g/mol. The van der Waals surface area contributed by atoms with Gasteiger partial charge in [0.25, 0.3) is 5.89 Å². The summed E-state index contributed by atoms with van der Waals surface area (Å²) in [7, 11) is 1.51. The Morgan fingerprint density at radius 2 is 1.97 bits per heavy atom. The Bertz CT molecular complexity index is 1210. The number of ether oxygens (including phenoxy) is 2. The van der Waals surface area contributed by atoms with Crippen molar-refractivity contribution in [3.8, 4) is 5.75 Å². The molecule has 10 nitrogen and oxygen atoms in total. The summed E-state index contributed by atoms with van der Waals surface area (Å²) in [4.78, 5) is 42.7. The normalized spacial score (nSPS) is 15.3. The molecule has 2 aromatic carbocycles. The number of hydrogen-bond acceptors (Lipinski definition) is 8. The highest BCUT2D eigenvalue weighted by molar-refractivity contribution is 6.33. The molecule has 176 valence electrons. The van der Waals surface area contributed by atoms with Crippen LogP contribution in [0.5, 0.6) is 5.75 Å². The largest absolute Gasteiger partial charge is 0.495 e. The van der Waals surface area contributed by atoms with Crippen LogP contribution < -0.4 is 15.0 Å². The first-order chi connectivity index (χ1) is 16.4. The van der Waals surface area contributed by atoms with Gasteiger partial charge in [-0.1, -0.05) is 41.0 Å². The number of para-hydroxylation sites is 3. The number of hydrogen-bond donors (Lipinski definition) is 1. The molecule has 1 saturated heterocycles. The molecule has 0 bridgehead atoms. The first-order valence-corrected chi connectivity index (χ1v) is 10.8. The molecule has 1 aliphatic heterocycles. The van der Waals surface area contributed by atoms with Gasteiger partial charge in [-0.25, -0.2) is 0 Å². The molecule has 1 unspecified atom stereocenters. The Kier molecular flexibility index (Phi) is 7.07. The van der Waals surface area contributed by atoms with Crippen molar-refractivity contribution in [3.63, 3.8) is 0 Å². The summed E-state index contributed by atoms with van der Waals surface area (Å²) >= 11 is 6.16. The number of benzene rings is 2. The predicted molar refractivity (Wildman–Crippen MR) is 121 cm³/mol. The number of nitrogens with one attached hydrogen (secondary N) is 1. The molecule has 0 saturated carbocycles. The lowest BCUT2D eigenvalue weighted by Gasteiger charge is -2.17. The standard InChI is InChI=1S/C23H21ClN4O6/c1-32-18-9-5-3-7-16(18)25-20(29)11-19-26-21(34-27-19)13-33-23(31)14-10-22(30)28(12-14)17-8-4-2-6-15(17)24/h2-9,14H,10-13H2,1H3,(H,25,29). The van der Waals surface area contributed by atoms with Crippen LogP contribution in [-0.4, -0.2) is 41.6 Å². The van der Waals surface area contributed by atoms with Crippen molar-refractivity contribution in [2.45, 2.75) is 19.4 Å². The molecule has 3 aromatic rings. The maximum absolute atomic E-state index is 12.5. The van der Waals surface area contributed by atoms with E-state index in [1.54, 1.807) is 48.5 Å². The Hall–Kier alpha value is -3.92. The number of amides is 2. The minimum Gasteiger partial charge on any atom is -0.495 e. The molecule has 4 rings (SSSR count). The van der Waals surface area contributed by atoms with Crippen LogP contribution in [0.2, 0.25) is 5.02 Å². The van der Waals surface area contributed by atoms with E-state index in [0.717, 1.165) is 0 Å². The van der Waals surface area contributed by atoms with E-state index in [9.17, 15) is 14.4 Å². The zero-order chi connectivity index (χ0) is 24.1. The smallest absolute Gasteiger partial charge is 0.311 e. The van der Waals surface area contributed by atoms with Gasteiger partial charge < -0.3 is 24.2 Å². The van der Waals surface area contributed by atoms with E-state index >= 15 is 0 Å². The fourth-order valence-electron chi connectivity index (χ4n) is 3.53. The summed E-state index contributed by atoms with van der Waals surface area (Å²) in [5.74, 6) is -1.07. The molecular formula is C23H21ClN4O6. The van der Waals surface area contributed by atoms with Gasteiger partial charge in [-0.3, -0.25) is 14.4 Å². The first-order valence-electron chi connectivity index (χ1n) is 10.4. The second-order valence-corrected chi connectivity index (χ2v) is 7.90. The van der Waals surface area contributed by atoms with Crippen LogP contribution in [-0.2, 0) is 32.1 Å². The van der Waals surface area contributed by atoms with E-state index < -0.39 is 11.9 Å². The zero-order valence-corrected chi connectivity index (χ0v) is 18.9. The number of nitrogens with zero attached hydrogens (tertiary/aromatic N) is 3. The monoisotopic (exact) mass is 484 g/mol. The third kappa shape index (κ3) is 5.34. The van der Waals surface area contributed by atoms with E-state index in [1.165, 1.54) is 12.0 Å². The van der Waals surface area contributed by atoms with Crippen LogP contribution in [0.25, 0.3) is 0 Å². The summed E-state index contributed by atoms with van der Waals surface area (Å²) in [6.45, 7) is -0.101. The van der Waals surface area contributed by atoms with Gasteiger partial charge in [-0.2, -0.15) is 4.98 Å². The van der Waals surface area contributed by atoms with Crippen LogP contribution in [0, 0.1) is 5.92 Å². The van der Waals surface area contributed by atoms with Crippen molar-refractivity contribution >= 4 is 40.8 Å². The molecule has 2 heterocycles. The van der Waals surface area contributed by atoms with Crippen LogP contribution >= 0.6 is 11.6 Å². The SMILES string of the molecule is COc1ccccc1NC(=O)Cc1noc(COC(=O)C2CC(=O)N(c3ccccc3Cl)C2)n1. The van der Waals surface area contributed by atoms with Crippen molar-refractivity contribution < 1.29 is 28.4 Å². The average Bonchev–Trinajstić information content (AvgIpc) is 3.44. The van der Waals surface area contributed by atoms with E-state index in [2.05, 4.69) is 15.5 Å². The number of anilines is 2. The van der Waals surface area contributed by atoms with Gasteiger partial charge in [0.1, 0.15) is 5.75 Å². The third-order valence-electron chi connectivity index (χ3n) is 5.15. The van der Waals surface area contributed by atoms with E-state index in [-0.39, 0.29) is 49.5 Å². The molecule has 1 N–H and O–H groups in total. The summed E-state index contributed by atoms with van der Waals surface area (Å²) < 4.78 is 15.5. The lowest BCUT2D eigenvalue weighted by molar-refractivity contribution is -0.150. The fraction of sp³-hybridized carbons (Fsp3) is 0.261. The number of carbonyl (C=O) groups is 3. The van der Waals surface area contributed by atoms with Crippen molar-refractivity contribution in [1.82, 2.24) is 10.1 Å². The predicted octanol–water partition coefficient (Wildman–Crippen LogP) is 3.01. The molecule has 0 spiro atoms. The van der Waals surface area contributed by atoms with E-state index in [1.807, 2.05) is 0 Å². The lowest BCUT2D eigenvalue weighted by atomic mass is 10.1. The second-order valence-electron chi connectivity index (χ2n) is 7.49. The van der Waals surface area contributed by atoms with Gasteiger partial charge in [-0.05, 0) is 24.3 Å². The van der Waals surface area contributed by atoms with Gasteiger partial charge in [0, 0.05) is 13.0 Å². The summed E-state index contributed by atoms with van der Waals surface area (Å²) in [6, 6.07) is 13.9. The summed E-state index contributed by atoms with van der Waals surface area (Å²) in [6.07, 6.45) is -0.123. The number of rotatable bonds is 8. The Morgan fingerprint density at radius 3 is 2.76 bits per heavy atom. The van der Waals surface area contributed by atoms with Gasteiger partial charge >= 0.3 is 5.97 Å². The minimum absolute atomic E-state index is 0.0161. The highest BCUT2D eigenvalue weighted by atomic mass is 35.5. The summed E-state index contributed by atoms with van der Waals surface area (Å²) in [5, 5.41) is 6.89. The zero-order valence-electron chi connectivity index (χ0n) is 18.2. The highest BCUT2D eigenvalue weighted by Crippen LogP contribution is 2.31. The quantitative estimate of drug-likeness (QED) is 0.484.